The second-order valence-corrected chi connectivity index (χ2v) is 5.46. The Bertz CT molecular complexity index is 984. The number of nitrogens with zero attached hydrogens (tertiary/aromatic N) is 5. The number of carboxylic acids is 1. The number of oxazole rings is 1. The topological polar surface area (TPSA) is 97.3 Å². The van der Waals surface area contributed by atoms with E-state index in [0.29, 0.717) is 0 Å². The third-order valence-corrected chi connectivity index (χ3v) is 3.92. The van der Waals surface area contributed by atoms with E-state index in [4.69, 9.17) is 4.42 Å². The van der Waals surface area contributed by atoms with E-state index in [1.54, 1.807) is 11.0 Å². The van der Waals surface area contributed by atoms with Crippen molar-refractivity contribution >= 4 is 41.9 Å². The molecule has 0 spiro atoms. The SMILES string of the molecule is O=C(O)c1cccc2oc(N3CCn4c(nnc4C(F)(F)F)C3)nc12.[LiH]. The predicted octanol–water partition coefficient (Wildman–Crippen LogP) is 1.51. The van der Waals surface area contributed by atoms with Crippen LogP contribution in [0.3, 0.4) is 0 Å². The van der Waals surface area contributed by atoms with Crippen molar-refractivity contribution in [3.63, 3.8) is 0 Å². The molecule has 0 saturated heterocycles. The van der Waals surface area contributed by atoms with Gasteiger partial charge in [-0.3, -0.25) is 0 Å². The van der Waals surface area contributed by atoms with Crippen molar-refractivity contribution in [2.45, 2.75) is 19.3 Å². The van der Waals surface area contributed by atoms with E-state index in [2.05, 4.69) is 15.2 Å². The number of alkyl halides is 3. The van der Waals surface area contributed by atoms with Crippen LogP contribution in [0.2, 0.25) is 0 Å². The molecule has 1 aliphatic heterocycles. The average Bonchev–Trinajstić information content (AvgIpc) is 3.16. The van der Waals surface area contributed by atoms with Gasteiger partial charge in [0.2, 0.25) is 5.82 Å². The van der Waals surface area contributed by atoms with Crippen molar-refractivity contribution in [2.24, 2.45) is 0 Å². The molecule has 0 bridgehead atoms. The molecule has 26 heavy (non-hydrogen) atoms. The second kappa shape index (κ2) is 6.33. The van der Waals surface area contributed by atoms with Crippen molar-refractivity contribution in [1.29, 1.82) is 0 Å². The first kappa shape index (κ1) is 18.3. The van der Waals surface area contributed by atoms with Gasteiger partial charge in [-0.15, -0.1) is 10.2 Å². The molecule has 4 rings (SSSR count). The molecule has 3 heterocycles. The zero-order valence-corrected chi connectivity index (χ0v) is 12.5. The van der Waals surface area contributed by atoms with Crippen LogP contribution in [0.15, 0.2) is 22.6 Å². The van der Waals surface area contributed by atoms with Crippen LogP contribution in [0.25, 0.3) is 11.1 Å². The molecule has 1 aliphatic rings. The Balaban J connectivity index is 0.00000196. The Morgan fingerprint density at radius 2 is 2.00 bits per heavy atom. The molecule has 2 aromatic heterocycles. The minimum absolute atomic E-state index is 0. The fourth-order valence-corrected chi connectivity index (χ4v) is 2.78. The number of carboxylic acid groups (broad SMARTS) is 1. The van der Waals surface area contributed by atoms with Crippen LogP contribution >= 0.6 is 0 Å². The van der Waals surface area contributed by atoms with Gasteiger partial charge in [0.1, 0.15) is 5.52 Å². The number of carbonyl (C=O) groups is 1. The van der Waals surface area contributed by atoms with E-state index in [1.807, 2.05) is 0 Å². The van der Waals surface area contributed by atoms with Gasteiger partial charge in [-0.2, -0.15) is 18.2 Å². The third-order valence-electron chi connectivity index (χ3n) is 3.92. The molecule has 1 aromatic carbocycles. The van der Waals surface area contributed by atoms with E-state index in [1.165, 1.54) is 12.1 Å². The van der Waals surface area contributed by atoms with Crippen LogP contribution in [0.1, 0.15) is 22.0 Å². The Morgan fingerprint density at radius 3 is 2.69 bits per heavy atom. The number of halogens is 3. The van der Waals surface area contributed by atoms with Gasteiger partial charge in [-0.25, -0.2) is 4.79 Å². The Hall–Kier alpha value is -2.51. The maximum absolute atomic E-state index is 12.9. The second-order valence-electron chi connectivity index (χ2n) is 5.46. The van der Waals surface area contributed by atoms with Gasteiger partial charge >= 0.3 is 31.0 Å². The first-order valence-corrected chi connectivity index (χ1v) is 7.21. The Morgan fingerprint density at radius 1 is 1.23 bits per heavy atom. The van der Waals surface area contributed by atoms with Gasteiger partial charge in [0.05, 0.1) is 12.1 Å². The number of anilines is 1. The average molecular weight is 361 g/mol. The summed E-state index contributed by atoms with van der Waals surface area (Å²) in [4.78, 5) is 17.0. The summed E-state index contributed by atoms with van der Waals surface area (Å²) in [6.07, 6.45) is -4.57. The van der Waals surface area contributed by atoms with Gasteiger partial charge in [0.25, 0.3) is 6.01 Å². The van der Waals surface area contributed by atoms with Crippen LogP contribution in [0, 0.1) is 0 Å². The molecule has 0 fully saturated rings. The monoisotopic (exact) mass is 361 g/mol. The number of hydrogen-bond acceptors (Lipinski definition) is 6. The fourth-order valence-electron chi connectivity index (χ4n) is 2.78. The molecule has 0 saturated carbocycles. The molecule has 0 amide bonds. The summed E-state index contributed by atoms with van der Waals surface area (Å²) in [6, 6.07) is 4.64. The number of para-hydroxylation sites is 1. The van der Waals surface area contributed by atoms with Gasteiger partial charge in [0, 0.05) is 13.1 Å². The molecule has 0 atom stereocenters. The van der Waals surface area contributed by atoms with Crippen LogP contribution in [-0.4, -0.2) is 56.2 Å². The normalized spacial score (nSPS) is 14.2. The summed E-state index contributed by atoms with van der Waals surface area (Å²) < 4.78 is 45.2. The van der Waals surface area contributed by atoms with Gasteiger partial charge in [-0.05, 0) is 12.1 Å². The molecule has 3 aromatic rings. The zero-order chi connectivity index (χ0) is 17.8. The van der Waals surface area contributed by atoms with E-state index >= 15 is 0 Å². The number of aromatic nitrogens is 4. The molecule has 0 aliphatic carbocycles. The number of aromatic carboxylic acids is 1. The van der Waals surface area contributed by atoms with Crippen LogP contribution in [0.5, 0.6) is 0 Å². The molecule has 12 heteroatoms. The number of fused-ring (bicyclic) bond motifs is 2. The van der Waals surface area contributed by atoms with E-state index < -0.39 is 18.0 Å². The summed E-state index contributed by atoms with van der Waals surface area (Å²) in [5, 5.41) is 16.0. The summed E-state index contributed by atoms with van der Waals surface area (Å²) in [6.45, 7) is 0.239. The molecule has 0 radical (unpaired) electrons. The Kier molecular flexibility index (Phi) is 4.45. The molecule has 132 valence electrons. The van der Waals surface area contributed by atoms with E-state index in [9.17, 15) is 23.1 Å². The minimum atomic E-state index is -4.57. The number of benzene rings is 1. The van der Waals surface area contributed by atoms with Crippen LogP contribution in [-0.2, 0) is 19.3 Å². The summed E-state index contributed by atoms with van der Waals surface area (Å²) in [7, 11) is 0. The van der Waals surface area contributed by atoms with Crippen molar-refractivity contribution < 1.29 is 27.5 Å². The van der Waals surface area contributed by atoms with Crippen molar-refractivity contribution in [1.82, 2.24) is 19.7 Å². The summed E-state index contributed by atoms with van der Waals surface area (Å²) in [5.41, 5.74) is 0.470. The van der Waals surface area contributed by atoms with E-state index in [-0.39, 0.29) is 67.0 Å². The van der Waals surface area contributed by atoms with Gasteiger partial charge in [0.15, 0.2) is 11.4 Å². The summed E-state index contributed by atoms with van der Waals surface area (Å²) >= 11 is 0. The van der Waals surface area contributed by atoms with Crippen molar-refractivity contribution in [3.8, 4) is 0 Å². The number of hydrogen-bond donors (Lipinski definition) is 1. The predicted molar refractivity (Wildman–Crippen MR) is 84.2 cm³/mol. The standard InChI is InChI=1S/C14H10F3N5O3.Li.H/c15-14(16,17)12-20-19-9-6-21(4-5-22(9)12)13-18-10-7(11(23)24)2-1-3-8(10)25-13;;/h1-3H,4-6H2,(H,23,24);;. The quantitative estimate of drug-likeness (QED) is 0.691. The first-order valence-electron chi connectivity index (χ1n) is 7.21. The first-order chi connectivity index (χ1) is 11.8. The molecule has 1 N–H and O–H groups in total. The molecular weight excluding hydrogens is 350 g/mol. The number of rotatable bonds is 2. The Labute approximate surface area is 155 Å². The molecule has 0 unspecified atom stereocenters. The maximum atomic E-state index is 12.9. The fraction of sp³-hybridized carbons (Fsp3) is 0.286. The van der Waals surface area contributed by atoms with Crippen molar-refractivity contribution in [3.05, 3.63) is 35.4 Å². The van der Waals surface area contributed by atoms with Gasteiger partial charge < -0.3 is 19.0 Å². The van der Waals surface area contributed by atoms with Crippen molar-refractivity contribution in [2.75, 3.05) is 11.4 Å². The van der Waals surface area contributed by atoms with Crippen LogP contribution in [0.4, 0.5) is 19.2 Å². The van der Waals surface area contributed by atoms with E-state index in [0.717, 1.165) is 4.57 Å². The van der Waals surface area contributed by atoms with Gasteiger partial charge in [-0.1, -0.05) is 6.07 Å². The zero-order valence-electron chi connectivity index (χ0n) is 12.5. The van der Waals surface area contributed by atoms with Crippen LogP contribution < -0.4 is 4.90 Å². The third kappa shape index (κ3) is 2.93. The molecular formula is C14H11F3LiN5O3. The summed E-state index contributed by atoms with van der Waals surface area (Å²) in [5.74, 6) is -2.04. The molecule has 8 nitrogen and oxygen atoms in total.